The Kier molecular flexibility index (Phi) is 5.75. The summed E-state index contributed by atoms with van der Waals surface area (Å²) in [5.41, 5.74) is 0. The van der Waals surface area contributed by atoms with Gasteiger partial charge in [0, 0.05) is 7.05 Å². The summed E-state index contributed by atoms with van der Waals surface area (Å²) in [4.78, 5) is 35.9. The van der Waals surface area contributed by atoms with E-state index in [0.29, 0.717) is 13.0 Å². The van der Waals surface area contributed by atoms with Crippen molar-refractivity contribution < 1.29 is 19.5 Å². The van der Waals surface area contributed by atoms with E-state index in [2.05, 4.69) is 10.6 Å². The Balaban J connectivity index is 2.74. The third-order valence-corrected chi connectivity index (χ3v) is 3.42. The summed E-state index contributed by atoms with van der Waals surface area (Å²) in [7, 11) is 1.42. The molecule has 7 heteroatoms. The molecule has 0 radical (unpaired) electrons. The Bertz CT molecular complexity index is 359. The molecule has 0 aromatic rings. The number of carbonyl (C=O) groups is 3. The van der Waals surface area contributed by atoms with Crippen molar-refractivity contribution in [3.63, 3.8) is 0 Å². The minimum Gasteiger partial charge on any atom is -0.480 e. The van der Waals surface area contributed by atoms with E-state index >= 15 is 0 Å². The standard InChI is InChI=1S/C12H21N3O4/c1-8(10(16)14-12(19)13-2)15-7-5-3-4-6-9(15)11(17)18/h8-9H,3-7H2,1-2H3,(H,17,18)(H2,13,14,16,19). The molecule has 2 atom stereocenters. The van der Waals surface area contributed by atoms with Gasteiger partial charge >= 0.3 is 12.0 Å². The molecular weight excluding hydrogens is 250 g/mol. The third-order valence-electron chi connectivity index (χ3n) is 3.42. The fourth-order valence-electron chi connectivity index (χ4n) is 2.29. The van der Waals surface area contributed by atoms with Crippen molar-refractivity contribution in [2.45, 2.75) is 44.7 Å². The molecule has 19 heavy (non-hydrogen) atoms. The summed E-state index contributed by atoms with van der Waals surface area (Å²) in [6, 6.07) is -1.89. The number of carbonyl (C=O) groups excluding carboxylic acids is 2. The van der Waals surface area contributed by atoms with Crippen LogP contribution in [0.15, 0.2) is 0 Å². The highest BCUT2D eigenvalue weighted by atomic mass is 16.4. The maximum absolute atomic E-state index is 11.9. The fraction of sp³-hybridized carbons (Fsp3) is 0.750. The molecule has 108 valence electrons. The number of hydrogen-bond acceptors (Lipinski definition) is 4. The molecule has 2 unspecified atom stereocenters. The van der Waals surface area contributed by atoms with Crippen LogP contribution < -0.4 is 10.6 Å². The maximum Gasteiger partial charge on any atom is 0.321 e. The molecule has 3 N–H and O–H groups in total. The molecular formula is C12H21N3O4. The largest absolute Gasteiger partial charge is 0.480 e. The first kappa shape index (κ1) is 15.4. The Morgan fingerprint density at radius 3 is 2.53 bits per heavy atom. The number of urea groups is 1. The zero-order valence-electron chi connectivity index (χ0n) is 11.3. The second-order valence-corrected chi connectivity index (χ2v) is 4.69. The van der Waals surface area contributed by atoms with Gasteiger partial charge in [-0.3, -0.25) is 19.8 Å². The first-order valence-corrected chi connectivity index (χ1v) is 6.48. The lowest BCUT2D eigenvalue weighted by Crippen LogP contribution is -2.54. The summed E-state index contributed by atoms with van der Waals surface area (Å²) in [6.45, 7) is 2.18. The summed E-state index contributed by atoms with van der Waals surface area (Å²) >= 11 is 0. The van der Waals surface area contributed by atoms with Crippen LogP contribution in [0.2, 0.25) is 0 Å². The Labute approximate surface area is 112 Å². The van der Waals surface area contributed by atoms with Gasteiger partial charge in [-0.25, -0.2) is 4.79 Å². The molecule has 1 saturated heterocycles. The Morgan fingerprint density at radius 2 is 1.95 bits per heavy atom. The SMILES string of the molecule is CNC(=O)NC(=O)C(C)N1CCCCCC1C(=O)O. The van der Waals surface area contributed by atoms with Crippen LogP contribution >= 0.6 is 0 Å². The molecule has 1 rings (SSSR count). The number of aliphatic carboxylic acids is 1. The average molecular weight is 271 g/mol. The molecule has 0 aliphatic carbocycles. The van der Waals surface area contributed by atoms with Crippen molar-refractivity contribution in [2.24, 2.45) is 0 Å². The fourth-order valence-corrected chi connectivity index (χ4v) is 2.29. The van der Waals surface area contributed by atoms with Crippen molar-refractivity contribution in [3.05, 3.63) is 0 Å². The molecule has 0 bridgehead atoms. The number of imide groups is 1. The van der Waals surface area contributed by atoms with Gasteiger partial charge in [0.2, 0.25) is 5.91 Å². The van der Waals surface area contributed by atoms with Crippen molar-refractivity contribution in [1.29, 1.82) is 0 Å². The Hall–Kier alpha value is -1.63. The van der Waals surface area contributed by atoms with E-state index in [1.807, 2.05) is 0 Å². The van der Waals surface area contributed by atoms with E-state index in [1.165, 1.54) is 7.05 Å². The first-order valence-electron chi connectivity index (χ1n) is 6.48. The van der Waals surface area contributed by atoms with Crippen LogP contribution in [0.25, 0.3) is 0 Å². The van der Waals surface area contributed by atoms with Gasteiger partial charge in [0.15, 0.2) is 0 Å². The highest BCUT2D eigenvalue weighted by Gasteiger charge is 2.33. The van der Waals surface area contributed by atoms with Crippen LogP contribution in [0, 0.1) is 0 Å². The zero-order valence-corrected chi connectivity index (χ0v) is 11.3. The zero-order chi connectivity index (χ0) is 14.4. The van der Waals surface area contributed by atoms with Crippen LogP contribution in [-0.2, 0) is 9.59 Å². The summed E-state index contributed by atoms with van der Waals surface area (Å²) in [5, 5.41) is 13.7. The van der Waals surface area contributed by atoms with Gasteiger partial charge in [-0.05, 0) is 26.3 Å². The first-order chi connectivity index (χ1) is 8.97. The van der Waals surface area contributed by atoms with Crippen LogP contribution in [0.5, 0.6) is 0 Å². The van der Waals surface area contributed by atoms with E-state index in [1.54, 1.807) is 11.8 Å². The summed E-state index contributed by atoms with van der Waals surface area (Å²) < 4.78 is 0. The monoisotopic (exact) mass is 271 g/mol. The van der Waals surface area contributed by atoms with E-state index < -0.39 is 30.0 Å². The number of rotatable bonds is 3. The smallest absolute Gasteiger partial charge is 0.321 e. The molecule has 3 amide bonds. The number of carboxylic acid groups (broad SMARTS) is 1. The predicted molar refractivity (Wildman–Crippen MR) is 68.7 cm³/mol. The number of amides is 3. The number of nitrogens with zero attached hydrogens (tertiary/aromatic N) is 1. The highest BCUT2D eigenvalue weighted by molar-refractivity contribution is 5.96. The van der Waals surface area contributed by atoms with Crippen LogP contribution in [-0.4, -0.2) is 53.6 Å². The second-order valence-electron chi connectivity index (χ2n) is 4.69. The molecule has 0 aromatic carbocycles. The normalized spacial score (nSPS) is 22.1. The van der Waals surface area contributed by atoms with Crippen molar-refractivity contribution in [3.8, 4) is 0 Å². The van der Waals surface area contributed by atoms with Gasteiger partial charge in [-0.15, -0.1) is 0 Å². The molecule has 7 nitrogen and oxygen atoms in total. The van der Waals surface area contributed by atoms with E-state index in [4.69, 9.17) is 0 Å². The predicted octanol–water partition coefficient (Wildman–Crippen LogP) is 0.160. The van der Waals surface area contributed by atoms with Crippen LogP contribution in [0.4, 0.5) is 4.79 Å². The number of nitrogens with one attached hydrogen (secondary N) is 2. The highest BCUT2D eigenvalue weighted by Crippen LogP contribution is 2.19. The topological polar surface area (TPSA) is 98.7 Å². The molecule has 0 aromatic heterocycles. The van der Waals surface area contributed by atoms with Gasteiger partial charge in [-0.1, -0.05) is 12.8 Å². The van der Waals surface area contributed by atoms with Crippen molar-refractivity contribution in [2.75, 3.05) is 13.6 Å². The van der Waals surface area contributed by atoms with E-state index in [0.717, 1.165) is 19.3 Å². The van der Waals surface area contributed by atoms with Gasteiger partial charge in [-0.2, -0.15) is 0 Å². The lowest BCUT2D eigenvalue weighted by molar-refractivity contribution is -0.145. The van der Waals surface area contributed by atoms with Crippen LogP contribution in [0.1, 0.15) is 32.6 Å². The maximum atomic E-state index is 11.9. The molecule has 1 aliphatic rings. The quantitative estimate of drug-likeness (QED) is 0.679. The van der Waals surface area contributed by atoms with Gasteiger partial charge in [0.25, 0.3) is 0 Å². The third kappa shape index (κ3) is 4.20. The van der Waals surface area contributed by atoms with E-state index in [9.17, 15) is 19.5 Å². The second kappa shape index (κ2) is 7.08. The molecule has 1 heterocycles. The Morgan fingerprint density at radius 1 is 1.26 bits per heavy atom. The summed E-state index contributed by atoms with van der Waals surface area (Å²) in [6.07, 6.45) is 3.20. The minimum atomic E-state index is -0.915. The lowest BCUT2D eigenvalue weighted by Gasteiger charge is -2.31. The lowest BCUT2D eigenvalue weighted by atomic mass is 10.1. The minimum absolute atomic E-state index is 0.479. The average Bonchev–Trinajstić information content (AvgIpc) is 2.62. The van der Waals surface area contributed by atoms with Gasteiger partial charge in [0.1, 0.15) is 6.04 Å². The molecule has 1 aliphatic heterocycles. The van der Waals surface area contributed by atoms with E-state index in [-0.39, 0.29) is 0 Å². The molecule has 0 spiro atoms. The summed E-state index contributed by atoms with van der Waals surface area (Å²) in [5.74, 6) is -1.39. The molecule has 1 fully saturated rings. The van der Waals surface area contributed by atoms with Crippen LogP contribution in [0.3, 0.4) is 0 Å². The van der Waals surface area contributed by atoms with Gasteiger partial charge < -0.3 is 10.4 Å². The molecule has 0 saturated carbocycles. The van der Waals surface area contributed by atoms with Gasteiger partial charge in [0.05, 0.1) is 6.04 Å². The van der Waals surface area contributed by atoms with Crippen molar-refractivity contribution >= 4 is 17.9 Å². The number of carboxylic acids is 1. The number of likely N-dealkylation sites (tertiary alicyclic amines) is 1. The van der Waals surface area contributed by atoms with Crippen molar-refractivity contribution in [1.82, 2.24) is 15.5 Å². The number of hydrogen-bond donors (Lipinski definition) is 3.